The van der Waals surface area contributed by atoms with Crippen molar-refractivity contribution in [1.29, 1.82) is 0 Å². The van der Waals surface area contributed by atoms with Crippen LogP contribution >= 0.6 is 11.8 Å². The van der Waals surface area contributed by atoms with Crippen molar-refractivity contribution >= 4 is 23.4 Å². The van der Waals surface area contributed by atoms with E-state index in [1.807, 2.05) is 57.2 Å². The van der Waals surface area contributed by atoms with Crippen LogP contribution in [0.5, 0.6) is 0 Å². The van der Waals surface area contributed by atoms with Gasteiger partial charge < -0.3 is 5.32 Å². The molecule has 0 bridgehead atoms. The third-order valence-electron chi connectivity index (χ3n) is 4.18. The molecule has 0 saturated heterocycles. The van der Waals surface area contributed by atoms with Crippen LogP contribution in [-0.2, 0) is 4.79 Å². The number of amides is 1. The van der Waals surface area contributed by atoms with Crippen LogP contribution in [0, 0.1) is 27.7 Å². The van der Waals surface area contributed by atoms with Crippen LogP contribution in [0.15, 0.2) is 53.6 Å². The largest absolute Gasteiger partial charge is 0.325 e. The van der Waals surface area contributed by atoms with Gasteiger partial charge in [-0.3, -0.25) is 4.79 Å². The molecular formula is C22H23N3OS. The van der Waals surface area contributed by atoms with E-state index in [0.29, 0.717) is 11.6 Å². The maximum Gasteiger partial charge on any atom is 0.234 e. The van der Waals surface area contributed by atoms with E-state index in [1.165, 1.54) is 17.3 Å². The molecule has 0 unspecified atom stereocenters. The van der Waals surface area contributed by atoms with Crippen LogP contribution in [0.1, 0.15) is 22.5 Å². The lowest BCUT2D eigenvalue weighted by Gasteiger charge is -2.13. The molecule has 0 fully saturated rings. The average Bonchev–Trinajstić information content (AvgIpc) is 2.63. The van der Waals surface area contributed by atoms with Crippen molar-refractivity contribution in [2.75, 3.05) is 11.1 Å². The summed E-state index contributed by atoms with van der Waals surface area (Å²) in [6, 6.07) is 16.1. The molecule has 0 radical (unpaired) electrons. The number of nitrogens with one attached hydrogen (secondary N) is 1. The van der Waals surface area contributed by atoms with Gasteiger partial charge in [-0.25, -0.2) is 9.97 Å². The van der Waals surface area contributed by atoms with Gasteiger partial charge in [0.05, 0.1) is 11.4 Å². The molecule has 27 heavy (non-hydrogen) atoms. The van der Waals surface area contributed by atoms with E-state index < -0.39 is 0 Å². The number of anilines is 1. The first kappa shape index (κ1) is 19.1. The number of hydrogen-bond acceptors (Lipinski definition) is 4. The van der Waals surface area contributed by atoms with Crippen LogP contribution < -0.4 is 5.32 Å². The molecule has 1 aromatic heterocycles. The Kier molecular flexibility index (Phi) is 5.91. The van der Waals surface area contributed by atoms with Crippen LogP contribution in [0.25, 0.3) is 11.3 Å². The molecule has 4 nitrogen and oxygen atoms in total. The second-order valence-electron chi connectivity index (χ2n) is 6.62. The molecule has 1 N–H and O–H groups in total. The van der Waals surface area contributed by atoms with Gasteiger partial charge in [-0.15, -0.1) is 0 Å². The van der Waals surface area contributed by atoms with Crippen molar-refractivity contribution in [1.82, 2.24) is 9.97 Å². The van der Waals surface area contributed by atoms with Gasteiger partial charge in [0.25, 0.3) is 0 Å². The Hall–Kier alpha value is -2.66. The highest BCUT2D eigenvalue weighted by molar-refractivity contribution is 7.99. The van der Waals surface area contributed by atoms with Gasteiger partial charge >= 0.3 is 0 Å². The van der Waals surface area contributed by atoms with Gasteiger partial charge in [0, 0.05) is 11.3 Å². The van der Waals surface area contributed by atoms with E-state index in [-0.39, 0.29) is 5.91 Å². The van der Waals surface area contributed by atoms with Gasteiger partial charge in [-0.05, 0) is 44.9 Å². The fourth-order valence-electron chi connectivity index (χ4n) is 3.06. The molecule has 0 spiro atoms. The van der Waals surface area contributed by atoms with E-state index in [9.17, 15) is 4.79 Å². The summed E-state index contributed by atoms with van der Waals surface area (Å²) in [6.45, 7) is 7.96. The lowest BCUT2D eigenvalue weighted by Crippen LogP contribution is -2.16. The summed E-state index contributed by atoms with van der Waals surface area (Å²) in [5.74, 6) is 0.967. The Morgan fingerprint density at radius 1 is 0.963 bits per heavy atom. The van der Waals surface area contributed by atoms with Crippen molar-refractivity contribution in [2.24, 2.45) is 0 Å². The van der Waals surface area contributed by atoms with Crippen LogP contribution in [0.2, 0.25) is 0 Å². The number of benzene rings is 2. The molecule has 0 aliphatic rings. The minimum atomic E-state index is -0.0346. The molecule has 0 atom stereocenters. The minimum absolute atomic E-state index is 0.0346. The second kappa shape index (κ2) is 8.35. The number of aryl methyl sites for hydroxylation is 4. The normalized spacial score (nSPS) is 10.7. The van der Waals surface area contributed by atoms with Gasteiger partial charge in [-0.2, -0.15) is 0 Å². The summed E-state index contributed by atoms with van der Waals surface area (Å²) in [7, 11) is 0. The second-order valence-corrected chi connectivity index (χ2v) is 7.61. The highest BCUT2D eigenvalue weighted by Crippen LogP contribution is 2.25. The molecule has 0 aliphatic carbocycles. The van der Waals surface area contributed by atoms with Crippen LogP contribution in [-0.4, -0.2) is 21.6 Å². The molecule has 2 aromatic carbocycles. The first-order valence-electron chi connectivity index (χ1n) is 8.84. The molecule has 3 aromatic rings. The quantitative estimate of drug-likeness (QED) is 0.496. The van der Waals surface area contributed by atoms with E-state index in [4.69, 9.17) is 0 Å². The maximum absolute atomic E-state index is 12.4. The minimum Gasteiger partial charge on any atom is -0.325 e. The Morgan fingerprint density at radius 3 is 2.30 bits per heavy atom. The molecule has 1 heterocycles. The summed E-state index contributed by atoms with van der Waals surface area (Å²) in [5, 5.41) is 3.83. The third kappa shape index (κ3) is 4.95. The fourth-order valence-corrected chi connectivity index (χ4v) is 3.81. The summed E-state index contributed by atoms with van der Waals surface area (Å²) in [6.07, 6.45) is 0. The van der Waals surface area contributed by atoms with Gasteiger partial charge in [0.1, 0.15) is 10.9 Å². The first-order valence-corrected chi connectivity index (χ1v) is 9.82. The molecule has 1 amide bonds. The Bertz CT molecular complexity index is 948. The predicted molar refractivity (Wildman–Crippen MR) is 112 cm³/mol. The summed E-state index contributed by atoms with van der Waals surface area (Å²) < 4.78 is 0. The molecular weight excluding hydrogens is 354 g/mol. The van der Waals surface area contributed by atoms with E-state index in [1.54, 1.807) is 0 Å². The zero-order valence-corrected chi connectivity index (χ0v) is 16.9. The Morgan fingerprint density at radius 2 is 1.63 bits per heavy atom. The van der Waals surface area contributed by atoms with Crippen molar-refractivity contribution in [3.8, 4) is 11.3 Å². The topological polar surface area (TPSA) is 54.9 Å². The number of carbonyl (C=O) groups is 1. The van der Waals surface area contributed by atoms with Gasteiger partial charge in [0.15, 0.2) is 0 Å². The highest BCUT2D eigenvalue weighted by atomic mass is 32.2. The van der Waals surface area contributed by atoms with E-state index >= 15 is 0 Å². The standard InChI is InChI=1S/C22H23N3OS/c1-14-10-15(2)22(16(3)11-14)25-20(26)13-27-21-12-19(23-17(4)24-21)18-8-6-5-7-9-18/h5-12H,13H2,1-4H3,(H,25,26). The number of nitrogens with zero attached hydrogens (tertiary/aromatic N) is 2. The van der Waals surface area contributed by atoms with Crippen molar-refractivity contribution in [3.05, 3.63) is 71.0 Å². The average molecular weight is 378 g/mol. The van der Waals surface area contributed by atoms with Crippen molar-refractivity contribution in [2.45, 2.75) is 32.7 Å². The maximum atomic E-state index is 12.4. The number of rotatable bonds is 5. The van der Waals surface area contributed by atoms with Crippen molar-refractivity contribution in [3.63, 3.8) is 0 Å². The third-order valence-corrected chi connectivity index (χ3v) is 5.09. The smallest absolute Gasteiger partial charge is 0.234 e. The zero-order valence-electron chi connectivity index (χ0n) is 16.0. The number of aromatic nitrogens is 2. The van der Waals surface area contributed by atoms with Gasteiger partial charge in [-0.1, -0.05) is 59.8 Å². The highest BCUT2D eigenvalue weighted by Gasteiger charge is 2.11. The van der Waals surface area contributed by atoms with E-state index in [2.05, 4.69) is 34.3 Å². The Balaban J connectivity index is 1.70. The lowest BCUT2D eigenvalue weighted by atomic mass is 10.1. The number of hydrogen-bond donors (Lipinski definition) is 1. The van der Waals surface area contributed by atoms with Crippen LogP contribution in [0.3, 0.4) is 0 Å². The van der Waals surface area contributed by atoms with Crippen LogP contribution in [0.4, 0.5) is 5.69 Å². The molecule has 0 saturated carbocycles. The molecule has 0 aliphatic heterocycles. The summed E-state index contributed by atoms with van der Waals surface area (Å²) in [5.41, 5.74) is 6.17. The molecule has 3 rings (SSSR count). The Labute approximate surface area is 164 Å². The van der Waals surface area contributed by atoms with Gasteiger partial charge in [0.2, 0.25) is 5.91 Å². The van der Waals surface area contributed by atoms with Crippen molar-refractivity contribution < 1.29 is 4.79 Å². The summed E-state index contributed by atoms with van der Waals surface area (Å²) >= 11 is 1.42. The molecule has 138 valence electrons. The lowest BCUT2D eigenvalue weighted by molar-refractivity contribution is -0.113. The SMILES string of the molecule is Cc1cc(C)c(NC(=O)CSc2cc(-c3ccccc3)nc(C)n2)c(C)c1. The monoisotopic (exact) mass is 377 g/mol. The zero-order chi connectivity index (χ0) is 19.4. The van der Waals surface area contributed by atoms with E-state index in [0.717, 1.165) is 33.1 Å². The number of carbonyl (C=O) groups excluding carboxylic acids is 1. The number of thioether (sulfide) groups is 1. The first-order chi connectivity index (χ1) is 12.9. The fraction of sp³-hybridized carbons (Fsp3) is 0.227. The summed E-state index contributed by atoms with van der Waals surface area (Å²) in [4.78, 5) is 21.4. The predicted octanol–water partition coefficient (Wildman–Crippen LogP) is 5.11. The molecule has 5 heteroatoms.